The van der Waals surface area contributed by atoms with Crippen LogP contribution in [-0.4, -0.2) is 35.9 Å². The number of carbonyl (C=O) groups is 5. The van der Waals surface area contributed by atoms with Gasteiger partial charge >= 0.3 is 6.03 Å². The lowest BCUT2D eigenvalue weighted by Gasteiger charge is -2.28. The number of rotatable bonds is 6. The predicted octanol–water partition coefficient (Wildman–Crippen LogP) is 3.52. The minimum atomic E-state index is -1.41. The van der Waals surface area contributed by atoms with Crippen molar-refractivity contribution in [3.8, 4) is 0 Å². The van der Waals surface area contributed by atoms with Gasteiger partial charge < -0.3 is 5.32 Å². The molecule has 3 aromatic rings. The molecule has 4 rings (SSSR count). The molecule has 1 aliphatic rings. The molecule has 1 heterocycles. The summed E-state index contributed by atoms with van der Waals surface area (Å²) in [5.41, 5.74) is 4.48. The normalized spacial score (nSPS) is 15.5. The maximum absolute atomic E-state index is 12.8. The van der Waals surface area contributed by atoms with Gasteiger partial charge in [0.1, 0.15) is 0 Å². The molecule has 186 valence electrons. The average molecular weight is 518 g/mol. The first-order chi connectivity index (χ1) is 17.7. The van der Waals surface area contributed by atoms with Crippen molar-refractivity contribution < 1.29 is 24.0 Å². The lowest BCUT2D eigenvalue weighted by atomic mass is 10.1. The van der Waals surface area contributed by atoms with Crippen LogP contribution in [0.5, 0.6) is 0 Å². The highest BCUT2D eigenvalue weighted by Crippen LogP contribution is 2.21. The van der Waals surface area contributed by atoms with Gasteiger partial charge in [0.25, 0.3) is 17.7 Å². The largest absolute Gasteiger partial charge is 0.335 e. The molecule has 3 aromatic carbocycles. The fraction of sp³-hybridized carbons (Fsp3) is 0.0769. The van der Waals surface area contributed by atoms with Crippen molar-refractivity contribution in [2.24, 2.45) is 11.0 Å². The number of barbiturate groups is 1. The molecular formula is C26H20ClN5O5. The second-order valence-electron chi connectivity index (χ2n) is 8.04. The number of carbonyl (C=O) groups excluding carboxylic acids is 5. The summed E-state index contributed by atoms with van der Waals surface area (Å²) in [6.45, 7) is 1.80. The molecule has 0 radical (unpaired) electrons. The molecule has 0 spiro atoms. The van der Waals surface area contributed by atoms with Crippen LogP contribution in [0.25, 0.3) is 0 Å². The molecular weight excluding hydrogens is 498 g/mol. The summed E-state index contributed by atoms with van der Waals surface area (Å²) in [5.74, 6) is -4.01. The Hall–Kier alpha value is -4.83. The van der Waals surface area contributed by atoms with Crippen molar-refractivity contribution in [3.63, 3.8) is 0 Å². The minimum absolute atomic E-state index is 0.220. The van der Waals surface area contributed by atoms with Crippen LogP contribution in [0.4, 0.5) is 16.2 Å². The van der Waals surface area contributed by atoms with Crippen molar-refractivity contribution in [1.29, 1.82) is 0 Å². The minimum Gasteiger partial charge on any atom is -0.322 e. The third-order valence-corrected chi connectivity index (χ3v) is 5.62. The Bertz CT molecular complexity index is 1420. The first kappa shape index (κ1) is 25.3. The predicted molar refractivity (Wildman–Crippen MR) is 137 cm³/mol. The Morgan fingerprint density at radius 1 is 0.946 bits per heavy atom. The first-order valence-electron chi connectivity index (χ1n) is 11.0. The monoisotopic (exact) mass is 517 g/mol. The molecule has 6 amide bonds. The van der Waals surface area contributed by atoms with Crippen molar-refractivity contribution in [2.45, 2.75) is 6.92 Å². The molecule has 0 saturated carbocycles. The number of halogens is 1. The molecule has 0 aromatic heterocycles. The number of amides is 6. The van der Waals surface area contributed by atoms with Crippen LogP contribution < -0.4 is 21.0 Å². The zero-order valence-corrected chi connectivity index (χ0v) is 20.2. The molecule has 1 aliphatic heterocycles. The Morgan fingerprint density at radius 2 is 1.59 bits per heavy atom. The highest BCUT2D eigenvalue weighted by Gasteiger charge is 2.40. The molecule has 1 atom stereocenters. The number of imide groups is 2. The molecule has 0 unspecified atom stereocenters. The number of hydrogen-bond acceptors (Lipinski definition) is 6. The molecule has 37 heavy (non-hydrogen) atoms. The number of anilines is 2. The molecule has 3 N–H and O–H groups in total. The van der Waals surface area contributed by atoms with Crippen molar-refractivity contribution in [3.05, 3.63) is 94.5 Å². The highest BCUT2D eigenvalue weighted by molar-refractivity contribution is 6.32. The Kier molecular flexibility index (Phi) is 7.40. The third-order valence-electron chi connectivity index (χ3n) is 5.36. The summed E-state index contributed by atoms with van der Waals surface area (Å²) < 4.78 is 0. The van der Waals surface area contributed by atoms with E-state index in [1.165, 1.54) is 24.3 Å². The Morgan fingerprint density at radius 3 is 2.27 bits per heavy atom. The number of hydrazone groups is 1. The summed E-state index contributed by atoms with van der Waals surface area (Å²) in [7, 11) is 0. The lowest BCUT2D eigenvalue weighted by molar-refractivity contribution is -0.131. The third kappa shape index (κ3) is 5.88. The fourth-order valence-corrected chi connectivity index (χ4v) is 3.60. The van der Waals surface area contributed by atoms with E-state index < -0.39 is 29.7 Å². The van der Waals surface area contributed by atoms with E-state index in [9.17, 15) is 24.0 Å². The summed E-state index contributed by atoms with van der Waals surface area (Å²) in [6.07, 6.45) is 0.964. The number of nitrogens with one attached hydrogen (secondary N) is 3. The maximum Gasteiger partial charge on any atom is 0.335 e. The van der Waals surface area contributed by atoms with Crippen LogP contribution in [0.3, 0.4) is 0 Å². The molecule has 10 nitrogen and oxygen atoms in total. The van der Waals surface area contributed by atoms with Gasteiger partial charge in [-0.1, -0.05) is 23.7 Å². The van der Waals surface area contributed by atoms with E-state index in [1.807, 2.05) is 0 Å². The van der Waals surface area contributed by atoms with E-state index in [0.717, 1.165) is 16.7 Å². The van der Waals surface area contributed by atoms with Gasteiger partial charge in [0.15, 0.2) is 5.92 Å². The maximum atomic E-state index is 12.8. The van der Waals surface area contributed by atoms with Crippen LogP contribution in [0.15, 0.2) is 77.9 Å². The molecule has 1 saturated heterocycles. The highest BCUT2D eigenvalue weighted by atomic mass is 35.5. The number of urea groups is 1. The van der Waals surface area contributed by atoms with E-state index >= 15 is 0 Å². The van der Waals surface area contributed by atoms with Gasteiger partial charge in [-0.25, -0.2) is 15.1 Å². The lowest BCUT2D eigenvalue weighted by Crippen LogP contribution is -2.58. The number of hydrogen-bond donors (Lipinski definition) is 3. The smallest absolute Gasteiger partial charge is 0.322 e. The van der Waals surface area contributed by atoms with Gasteiger partial charge in [-0.2, -0.15) is 5.10 Å². The summed E-state index contributed by atoms with van der Waals surface area (Å²) in [5, 5.41) is 9.07. The van der Waals surface area contributed by atoms with Crippen LogP contribution >= 0.6 is 11.6 Å². The van der Waals surface area contributed by atoms with Crippen LogP contribution in [0, 0.1) is 12.8 Å². The molecule has 1 fully saturated rings. The zero-order valence-electron chi connectivity index (χ0n) is 19.4. The van der Waals surface area contributed by atoms with E-state index in [0.29, 0.717) is 22.0 Å². The van der Waals surface area contributed by atoms with E-state index in [2.05, 4.69) is 21.2 Å². The number of aryl methyl sites for hydroxylation is 1. The summed E-state index contributed by atoms with van der Waals surface area (Å²) in [4.78, 5) is 62.9. The van der Waals surface area contributed by atoms with Crippen molar-refractivity contribution in [1.82, 2.24) is 10.7 Å². The van der Waals surface area contributed by atoms with Gasteiger partial charge in [0, 0.05) is 28.1 Å². The molecule has 11 heteroatoms. The second kappa shape index (κ2) is 10.8. The van der Waals surface area contributed by atoms with Crippen molar-refractivity contribution >= 4 is 58.9 Å². The van der Waals surface area contributed by atoms with Crippen LogP contribution in [-0.2, 0) is 9.59 Å². The van der Waals surface area contributed by atoms with Gasteiger partial charge in [0.05, 0.1) is 5.69 Å². The zero-order chi connectivity index (χ0) is 26.5. The van der Waals surface area contributed by atoms with Gasteiger partial charge in [-0.05, 0) is 73.2 Å². The Labute approximate surface area is 216 Å². The quantitative estimate of drug-likeness (QED) is 0.261. The van der Waals surface area contributed by atoms with E-state index in [4.69, 9.17) is 11.6 Å². The SMILES string of the molecule is Cc1cccc(N2C(=O)NC(=O)[C@@H](/C=N\NC(=O)c3ccc(NC(=O)c4ccc(Cl)cc4)cc3)C2=O)c1. The van der Waals surface area contributed by atoms with E-state index in [-0.39, 0.29) is 11.5 Å². The summed E-state index contributed by atoms with van der Waals surface area (Å²) >= 11 is 5.83. The van der Waals surface area contributed by atoms with E-state index in [1.54, 1.807) is 55.5 Å². The van der Waals surface area contributed by atoms with Gasteiger partial charge in [-0.3, -0.25) is 24.5 Å². The average Bonchev–Trinajstić information content (AvgIpc) is 2.86. The molecule has 0 aliphatic carbocycles. The topological polar surface area (TPSA) is 137 Å². The standard InChI is InChI=1S/C26H20ClN5O5/c1-15-3-2-4-20(13-15)32-25(36)21(24(35)30-26(32)37)14-28-31-23(34)17-7-11-19(12-8-17)29-22(33)16-5-9-18(27)10-6-16/h2-14,21H,1H3,(H,29,33)(H,31,34)(H,30,35,37)/b28-14-/t21-/m1/s1. The van der Waals surface area contributed by atoms with Crippen molar-refractivity contribution in [2.75, 3.05) is 10.2 Å². The van der Waals surface area contributed by atoms with Crippen LogP contribution in [0.1, 0.15) is 26.3 Å². The number of benzene rings is 3. The van der Waals surface area contributed by atoms with Gasteiger partial charge in [-0.15, -0.1) is 0 Å². The summed E-state index contributed by atoms with van der Waals surface area (Å²) in [6, 6.07) is 18.2. The van der Waals surface area contributed by atoms with Crippen LogP contribution in [0.2, 0.25) is 5.02 Å². The molecule has 0 bridgehead atoms. The Balaban J connectivity index is 1.38. The second-order valence-corrected chi connectivity index (χ2v) is 8.48. The number of nitrogens with zero attached hydrogens (tertiary/aromatic N) is 2. The first-order valence-corrected chi connectivity index (χ1v) is 11.4. The van der Waals surface area contributed by atoms with Gasteiger partial charge in [0.2, 0.25) is 5.91 Å². The fourth-order valence-electron chi connectivity index (χ4n) is 3.48.